The molecule has 3 rings (SSSR count). The molecule has 1 fully saturated rings. The third kappa shape index (κ3) is 4.50. The van der Waals surface area contributed by atoms with Gasteiger partial charge in [-0.05, 0) is 29.8 Å². The number of hydrogen-bond acceptors (Lipinski definition) is 5. The Kier molecular flexibility index (Phi) is 5.35. The lowest BCUT2D eigenvalue weighted by Gasteiger charge is -2.26. The van der Waals surface area contributed by atoms with Gasteiger partial charge in [0.05, 0.1) is 19.4 Å². The number of hydrogen-bond donors (Lipinski definition) is 2. The minimum Gasteiger partial charge on any atom is -0.379 e. The molecule has 2 aromatic rings. The number of pyridine rings is 1. The first-order valence-corrected chi connectivity index (χ1v) is 7.78. The fourth-order valence-electron chi connectivity index (χ4n) is 2.42. The Bertz CT molecular complexity index is 670. The van der Waals surface area contributed by atoms with Crippen LogP contribution in [0.4, 0.5) is 10.2 Å². The van der Waals surface area contributed by atoms with Gasteiger partial charge in [0.25, 0.3) is 5.91 Å². The van der Waals surface area contributed by atoms with Gasteiger partial charge < -0.3 is 4.74 Å². The van der Waals surface area contributed by atoms with Crippen molar-refractivity contribution >= 4 is 11.7 Å². The number of morpholine rings is 1. The van der Waals surface area contributed by atoms with Crippen molar-refractivity contribution < 1.29 is 13.9 Å². The third-order valence-corrected chi connectivity index (χ3v) is 3.76. The van der Waals surface area contributed by atoms with Crippen LogP contribution in [-0.4, -0.2) is 42.1 Å². The van der Waals surface area contributed by atoms with E-state index < -0.39 is 5.82 Å². The van der Waals surface area contributed by atoms with Crippen LogP contribution < -0.4 is 10.9 Å². The van der Waals surface area contributed by atoms with Gasteiger partial charge in [0.15, 0.2) is 0 Å². The van der Waals surface area contributed by atoms with Crippen LogP contribution in [0.15, 0.2) is 42.6 Å². The first kappa shape index (κ1) is 16.4. The number of amides is 1. The Hall–Kier alpha value is -2.51. The van der Waals surface area contributed by atoms with E-state index in [1.54, 1.807) is 12.1 Å². The number of ether oxygens (including phenoxy) is 1. The summed E-state index contributed by atoms with van der Waals surface area (Å²) >= 11 is 0. The maximum absolute atomic E-state index is 12.8. The predicted octanol–water partition coefficient (Wildman–Crippen LogP) is 1.81. The second-order valence-corrected chi connectivity index (χ2v) is 5.53. The van der Waals surface area contributed by atoms with Crippen LogP contribution in [0.5, 0.6) is 0 Å². The van der Waals surface area contributed by atoms with Crippen LogP contribution >= 0.6 is 0 Å². The summed E-state index contributed by atoms with van der Waals surface area (Å²) in [6.45, 7) is 4.24. The van der Waals surface area contributed by atoms with Gasteiger partial charge in [-0.15, -0.1) is 0 Å². The zero-order valence-electron chi connectivity index (χ0n) is 13.2. The molecule has 7 heteroatoms. The molecular weight excluding hydrogens is 311 g/mol. The van der Waals surface area contributed by atoms with Crippen molar-refractivity contribution in [3.63, 3.8) is 0 Å². The van der Waals surface area contributed by atoms with Crippen LogP contribution in [0.2, 0.25) is 0 Å². The van der Waals surface area contributed by atoms with Gasteiger partial charge in [0.2, 0.25) is 0 Å². The molecule has 1 saturated heterocycles. The van der Waals surface area contributed by atoms with E-state index >= 15 is 0 Å². The van der Waals surface area contributed by atoms with Crippen molar-refractivity contribution in [2.75, 3.05) is 31.7 Å². The van der Waals surface area contributed by atoms with Crippen LogP contribution in [-0.2, 0) is 11.3 Å². The van der Waals surface area contributed by atoms with Crippen LogP contribution in [0.3, 0.4) is 0 Å². The second kappa shape index (κ2) is 7.85. The van der Waals surface area contributed by atoms with E-state index in [9.17, 15) is 9.18 Å². The first-order chi connectivity index (χ1) is 11.7. The first-order valence-electron chi connectivity index (χ1n) is 7.78. The van der Waals surface area contributed by atoms with Crippen molar-refractivity contribution in [3.8, 4) is 0 Å². The molecule has 2 N–H and O–H groups in total. The molecule has 1 aliphatic rings. The average molecular weight is 330 g/mol. The molecule has 1 aromatic carbocycles. The fraction of sp³-hybridized carbons (Fsp3) is 0.294. The lowest BCUT2D eigenvalue weighted by molar-refractivity contribution is 0.0342. The molecule has 0 unspecified atom stereocenters. The minimum absolute atomic E-state index is 0.279. The smallest absolute Gasteiger partial charge is 0.269 e. The molecular formula is C17H19FN4O2. The van der Waals surface area contributed by atoms with Gasteiger partial charge in [-0.25, -0.2) is 9.37 Å². The lowest BCUT2D eigenvalue weighted by atomic mass is 10.1. The van der Waals surface area contributed by atoms with E-state index in [4.69, 9.17) is 4.74 Å². The number of aromatic nitrogens is 1. The van der Waals surface area contributed by atoms with Crippen LogP contribution in [0.25, 0.3) is 0 Å². The van der Waals surface area contributed by atoms with Gasteiger partial charge in [-0.2, -0.15) is 0 Å². The van der Waals surface area contributed by atoms with E-state index in [1.807, 2.05) is 12.1 Å². The van der Waals surface area contributed by atoms with E-state index in [0.29, 0.717) is 11.4 Å². The summed E-state index contributed by atoms with van der Waals surface area (Å²) in [5.41, 5.74) is 6.88. The third-order valence-electron chi connectivity index (χ3n) is 3.76. The normalized spacial score (nSPS) is 15.0. The second-order valence-electron chi connectivity index (χ2n) is 5.53. The summed E-state index contributed by atoms with van der Waals surface area (Å²) in [6, 6.07) is 10.2. The van der Waals surface area contributed by atoms with Gasteiger partial charge in [0.1, 0.15) is 11.6 Å². The standard InChI is InChI=1S/C17H19FN4O2/c18-15-5-6-16(19-11-15)20-21-17(23)14-3-1-13(2-4-14)12-22-7-9-24-10-8-22/h1-6,11H,7-10,12H2,(H,19,20)(H,21,23). The van der Waals surface area contributed by atoms with E-state index in [1.165, 1.54) is 12.1 Å². The average Bonchev–Trinajstić information content (AvgIpc) is 2.62. The van der Waals surface area contributed by atoms with Crippen molar-refractivity contribution in [3.05, 3.63) is 59.5 Å². The highest BCUT2D eigenvalue weighted by Gasteiger charge is 2.11. The van der Waals surface area contributed by atoms with Gasteiger partial charge in [0, 0.05) is 25.2 Å². The molecule has 0 bridgehead atoms. The van der Waals surface area contributed by atoms with E-state index in [0.717, 1.165) is 44.6 Å². The van der Waals surface area contributed by atoms with Crippen molar-refractivity contribution in [1.82, 2.24) is 15.3 Å². The highest BCUT2D eigenvalue weighted by atomic mass is 19.1. The summed E-state index contributed by atoms with van der Waals surface area (Å²) in [5, 5.41) is 0. The minimum atomic E-state index is -0.428. The molecule has 0 aliphatic carbocycles. The zero-order chi connectivity index (χ0) is 16.8. The van der Waals surface area contributed by atoms with E-state index in [-0.39, 0.29) is 5.91 Å². The Labute approximate surface area is 139 Å². The highest BCUT2D eigenvalue weighted by molar-refractivity contribution is 5.94. The molecule has 0 atom stereocenters. The zero-order valence-corrected chi connectivity index (χ0v) is 13.2. The quantitative estimate of drug-likeness (QED) is 0.819. The molecule has 0 saturated carbocycles. The number of carbonyl (C=O) groups is 1. The van der Waals surface area contributed by atoms with E-state index in [2.05, 4.69) is 20.7 Å². The molecule has 1 aromatic heterocycles. The number of benzene rings is 1. The lowest BCUT2D eigenvalue weighted by Crippen LogP contribution is -2.35. The van der Waals surface area contributed by atoms with Crippen molar-refractivity contribution in [2.24, 2.45) is 0 Å². The molecule has 24 heavy (non-hydrogen) atoms. The monoisotopic (exact) mass is 330 g/mol. The predicted molar refractivity (Wildman–Crippen MR) is 87.8 cm³/mol. The topological polar surface area (TPSA) is 66.5 Å². The Morgan fingerprint density at radius 2 is 1.92 bits per heavy atom. The largest absolute Gasteiger partial charge is 0.379 e. The number of nitrogens with one attached hydrogen (secondary N) is 2. The van der Waals surface area contributed by atoms with Crippen molar-refractivity contribution in [2.45, 2.75) is 6.54 Å². The highest BCUT2D eigenvalue weighted by Crippen LogP contribution is 2.09. The number of rotatable bonds is 5. The summed E-state index contributed by atoms with van der Waals surface area (Å²) in [6.07, 6.45) is 1.08. The number of hydrazine groups is 1. The molecule has 126 valence electrons. The number of nitrogens with zero attached hydrogens (tertiary/aromatic N) is 2. The Morgan fingerprint density at radius 1 is 1.17 bits per heavy atom. The molecule has 1 aliphatic heterocycles. The van der Waals surface area contributed by atoms with Crippen molar-refractivity contribution in [1.29, 1.82) is 0 Å². The summed E-state index contributed by atoms with van der Waals surface area (Å²) < 4.78 is 18.1. The Morgan fingerprint density at radius 3 is 2.58 bits per heavy atom. The summed E-state index contributed by atoms with van der Waals surface area (Å²) in [4.78, 5) is 18.2. The molecule has 6 nitrogen and oxygen atoms in total. The fourth-order valence-corrected chi connectivity index (χ4v) is 2.42. The number of halogens is 1. The molecule has 2 heterocycles. The van der Waals surface area contributed by atoms with Gasteiger partial charge in [-0.1, -0.05) is 12.1 Å². The van der Waals surface area contributed by atoms with Crippen LogP contribution in [0.1, 0.15) is 15.9 Å². The maximum atomic E-state index is 12.8. The number of anilines is 1. The molecule has 0 radical (unpaired) electrons. The van der Waals surface area contributed by atoms with Crippen LogP contribution in [0, 0.1) is 5.82 Å². The van der Waals surface area contributed by atoms with Gasteiger partial charge >= 0.3 is 0 Å². The number of carbonyl (C=O) groups excluding carboxylic acids is 1. The molecule has 0 spiro atoms. The summed E-state index contributed by atoms with van der Waals surface area (Å²) in [7, 11) is 0. The van der Waals surface area contributed by atoms with Gasteiger partial charge in [-0.3, -0.25) is 20.5 Å². The Balaban J connectivity index is 1.52. The summed E-state index contributed by atoms with van der Waals surface area (Å²) in [5.74, 6) is -0.338. The molecule has 1 amide bonds. The SMILES string of the molecule is O=C(NNc1ccc(F)cn1)c1ccc(CN2CCOCC2)cc1. The maximum Gasteiger partial charge on any atom is 0.269 e.